The van der Waals surface area contributed by atoms with Crippen molar-refractivity contribution in [3.05, 3.63) is 47.5 Å². The molecule has 0 saturated carbocycles. The molecule has 5 heteroatoms. The molecule has 1 amide bonds. The van der Waals surface area contributed by atoms with Crippen molar-refractivity contribution >= 4 is 5.91 Å². The summed E-state index contributed by atoms with van der Waals surface area (Å²) in [5, 5.41) is 7.08. The molecule has 18 heavy (non-hydrogen) atoms. The zero-order valence-electron chi connectivity index (χ0n) is 10.7. The number of carbonyl (C=O) groups is 1. The Balaban J connectivity index is 2.11. The first kappa shape index (κ1) is 12.3. The molecule has 1 unspecified atom stereocenters. The Morgan fingerprint density at radius 3 is 2.78 bits per heavy atom. The van der Waals surface area contributed by atoms with Crippen LogP contribution in [0.15, 0.2) is 30.6 Å². The molecule has 0 aliphatic carbocycles. The molecule has 0 spiro atoms. The number of pyridine rings is 1. The molecule has 2 aromatic rings. The van der Waals surface area contributed by atoms with Crippen LogP contribution in [0.2, 0.25) is 0 Å². The first-order valence-corrected chi connectivity index (χ1v) is 5.80. The van der Waals surface area contributed by atoms with Gasteiger partial charge in [-0.2, -0.15) is 5.10 Å². The lowest BCUT2D eigenvalue weighted by atomic mass is 10.1. The normalized spacial score (nSPS) is 12.2. The third-order valence-electron chi connectivity index (χ3n) is 2.98. The van der Waals surface area contributed by atoms with E-state index in [0.717, 1.165) is 11.3 Å². The molecule has 1 N–H and O–H groups in total. The van der Waals surface area contributed by atoms with Gasteiger partial charge in [-0.1, -0.05) is 6.07 Å². The van der Waals surface area contributed by atoms with Gasteiger partial charge in [-0.15, -0.1) is 0 Å². The Kier molecular flexibility index (Phi) is 3.41. The van der Waals surface area contributed by atoms with Gasteiger partial charge < -0.3 is 5.32 Å². The quantitative estimate of drug-likeness (QED) is 0.892. The molecule has 0 aromatic carbocycles. The number of aryl methyl sites for hydroxylation is 1. The summed E-state index contributed by atoms with van der Waals surface area (Å²) in [7, 11) is 1.88. The standard InChI is InChI=1S/C13H16N4O/c1-9(11-8-15-17(3)10(11)2)16-13(18)12-6-4-5-7-14-12/h4-9H,1-3H3,(H,16,18). The lowest BCUT2D eigenvalue weighted by Crippen LogP contribution is -2.27. The molecular formula is C13H16N4O. The minimum absolute atomic E-state index is 0.0896. The van der Waals surface area contributed by atoms with Crippen molar-refractivity contribution in [2.24, 2.45) is 7.05 Å². The van der Waals surface area contributed by atoms with Crippen LogP contribution >= 0.6 is 0 Å². The van der Waals surface area contributed by atoms with Gasteiger partial charge in [-0.05, 0) is 26.0 Å². The molecule has 0 radical (unpaired) electrons. The van der Waals surface area contributed by atoms with E-state index < -0.39 is 0 Å². The topological polar surface area (TPSA) is 59.8 Å². The first-order valence-electron chi connectivity index (χ1n) is 5.80. The predicted octanol–water partition coefficient (Wildman–Crippen LogP) is 1.61. The lowest BCUT2D eigenvalue weighted by molar-refractivity contribution is 0.0935. The van der Waals surface area contributed by atoms with E-state index in [-0.39, 0.29) is 11.9 Å². The fourth-order valence-corrected chi connectivity index (χ4v) is 1.79. The van der Waals surface area contributed by atoms with Crippen LogP contribution in [0.3, 0.4) is 0 Å². The summed E-state index contributed by atoms with van der Waals surface area (Å²) in [6.07, 6.45) is 3.38. The van der Waals surface area contributed by atoms with Crippen molar-refractivity contribution < 1.29 is 4.79 Å². The van der Waals surface area contributed by atoms with E-state index in [1.165, 1.54) is 0 Å². The summed E-state index contributed by atoms with van der Waals surface area (Å²) in [6, 6.07) is 5.18. The number of amides is 1. The van der Waals surface area contributed by atoms with Crippen LogP contribution in [0.4, 0.5) is 0 Å². The van der Waals surface area contributed by atoms with Gasteiger partial charge in [-0.25, -0.2) is 0 Å². The molecule has 5 nitrogen and oxygen atoms in total. The molecule has 2 aromatic heterocycles. The van der Waals surface area contributed by atoms with E-state index in [2.05, 4.69) is 15.4 Å². The van der Waals surface area contributed by atoms with Crippen molar-refractivity contribution in [2.45, 2.75) is 19.9 Å². The summed E-state index contributed by atoms with van der Waals surface area (Å²) in [5.41, 5.74) is 2.48. The second-order valence-electron chi connectivity index (χ2n) is 4.22. The largest absolute Gasteiger partial charge is 0.344 e. The van der Waals surface area contributed by atoms with Crippen LogP contribution in [0.25, 0.3) is 0 Å². The molecule has 0 aliphatic rings. The summed E-state index contributed by atoms with van der Waals surface area (Å²) in [4.78, 5) is 16.0. The van der Waals surface area contributed by atoms with Crippen molar-refractivity contribution in [2.75, 3.05) is 0 Å². The molecule has 0 aliphatic heterocycles. The van der Waals surface area contributed by atoms with Crippen LogP contribution in [-0.2, 0) is 7.05 Å². The average molecular weight is 244 g/mol. The monoisotopic (exact) mass is 244 g/mol. The highest BCUT2D eigenvalue weighted by Crippen LogP contribution is 2.16. The van der Waals surface area contributed by atoms with E-state index in [0.29, 0.717) is 5.69 Å². The van der Waals surface area contributed by atoms with Crippen LogP contribution in [-0.4, -0.2) is 20.7 Å². The van der Waals surface area contributed by atoms with Gasteiger partial charge in [0.05, 0.1) is 12.2 Å². The SMILES string of the molecule is Cc1c(C(C)NC(=O)c2ccccn2)cnn1C. The smallest absolute Gasteiger partial charge is 0.270 e. The maximum absolute atomic E-state index is 11.9. The first-order chi connectivity index (χ1) is 8.59. The lowest BCUT2D eigenvalue weighted by Gasteiger charge is -2.13. The number of rotatable bonds is 3. The average Bonchev–Trinajstić information content (AvgIpc) is 2.71. The second kappa shape index (κ2) is 5.00. The fraction of sp³-hybridized carbons (Fsp3) is 0.308. The molecule has 0 saturated heterocycles. The maximum atomic E-state index is 11.9. The van der Waals surface area contributed by atoms with Crippen molar-refractivity contribution in [3.8, 4) is 0 Å². The van der Waals surface area contributed by atoms with E-state index in [1.54, 1.807) is 35.3 Å². The van der Waals surface area contributed by atoms with Crippen molar-refractivity contribution in [1.29, 1.82) is 0 Å². The zero-order chi connectivity index (χ0) is 13.1. The van der Waals surface area contributed by atoms with Gasteiger partial charge in [-0.3, -0.25) is 14.5 Å². The minimum Gasteiger partial charge on any atom is -0.344 e. The van der Waals surface area contributed by atoms with Crippen LogP contribution < -0.4 is 5.32 Å². The number of nitrogens with zero attached hydrogens (tertiary/aromatic N) is 3. The Morgan fingerprint density at radius 2 is 2.22 bits per heavy atom. The van der Waals surface area contributed by atoms with Crippen molar-refractivity contribution in [3.63, 3.8) is 0 Å². The van der Waals surface area contributed by atoms with Gasteiger partial charge in [0.2, 0.25) is 0 Å². The van der Waals surface area contributed by atoms with E-state index >= 15 is 0 Å². The summed E-state index contributed by atoms with van der Waals surface area (Å²) in [5.74, 6) is -0.175. The van der Waals surface area contributed by atoms with E-state index in [1.807, 2.05) is 20.9 Å². The number of nitrogens with one attached hydrogen (secondary N) is 1. The van der Waals surface area contributed by atoms with E-state index in [9.17, 15) is 4.79 Å². The number of hydrogen-bond acceptors (Lipinski definition) is 3. The molecule has 0 bridgehead atoms. The highest BCUT2D eigenvalue weighted by molar-refractivity contribution is 5.92. The predicted molar refractivity (Wildman–Crippen MR) is 68.1 cm³/mol. The molecular weight excluding hydrogens is 228 g/mol. The molecule has 1 atom stereocenters. The number of aromatic nitrogens is 3. The Labute approximate surface area is 106 Å². The van der Waals surface area contributed by atoms with Crippen LogP contribution in [0.1, 0.15) is 34.7 Å². The highest BCUT2D eigenvalue weighted by Gasteiger charge is 2.15. The Bertz CT molecular complexity index is 547. The van der Waals surface area contributed by atoms with Gasteiger partial charge >= 0.3 is 0 Å². The van der Waals surface area contributed by atoms with Gasteiger partial charge in [0, 0.05) is 24.5 Å². The Hall–Kier alpha value is -2.17. The van der Waals surface area contributed by atoms with Crippen molar-refractivity contribution in [1.82, 2.24) is 20.1 Å². The summed E-state index contributed by atoms with van der Waals surface area (Å²) in [6.45, 7) is 3.91. The third kappa shape index (κ3) is 2.40. The summed E-state index contributed by atoms with van der Waals surface area (Å²) >= 11 is 0. The third-order valence-corrected chi connectivity index (χ3v) is 2.98. The molecule has 0 fully saturated rings. The van der Waals surface area contributed by atoms with Gasteiger partial charge in [0.15, 0.2) is 0 Å². The minimum atomic E-state index is -0.175. The molecule has 2 heterocycles. The zero-order valence-corrected chi connectivity index (χ0v) is 10.7. The van der Waals surface area contributed by atoms with Crippen LogP contribution in [0.5, 0.6) is 0 Å². The maximum Gasteiger partial charge on any atom is 0.270 e. The summed E-state index contributed by atoms with van der Waals surface area (Å²) < 4.78 is 1.79. The highest BCUT2D eigenvalue weighted by atomic mass is 16.1. The number of hydrogen-bond donors (Lipinski definition) is 1. The van der Waals surface area contributed by atoms with Gasteiger partial charge in [0.25, 0.3) is 5.91 Å². The Morgan fingerprint density at radius 1 is 1.44 bits per heavy atom. The van der Waals surface area contributed by atoms with E-state index in [4.69, 9.17) is 0 Å². The van der Waals surface area contributed by atoms with Gasteiger partial charge in [0.1, 0.15) is 5.69 Å². The molecule has 94 valence electrons. The molecule has 2 rings (SSSR count). The second-order valence-corrected chi connectivity index (χ2v) is 4.22. The fourth-order valence-electron chi connectivity index (χ4n) is 1.79. The number of carbonyl (C=O) groups excluding carboxylic acids is 1. The van der Waals surface area contributed by atoms with Crippen LogP contribution in [0, 0.1) is 6.92 Å².